The molecule has 0 bridgehead atoms. The average Bonchev–Trinajstić information content (AvgIpc) is 3.22. The molecule has 6 nitrogen and oxygen atoms in total. The van der Waals surface area contributed by atoms with Crippen LogP contribution < -0.4 is 5.32 Å². The Morgan fingerprint density at radius 2 is 2.03 bits per heavy atom. The molecule has 172 valence electrons. The number of nitrogens with one attached hydrogen (secondary N) is 1. The Balaban J connectivity index is 1.54. The van der Waals surface area contributed by atoms with Gasteiger partial charge >= 0.3 is 0 Å². The first-order valence-electron chi connectivity index (χ1n) is 11.4. The minimum atomic E-state index is -0.950. The zero-order valence-corrected chi connectivity index (χ0v) is 19.5. The summed E-state index contributed by atoms with van der Waals surface area (Å²) in [5.41, 5.74) is 4.84. The van der Waals surface area contributed by atoms with Gasteiger partial charge in [0.15, 0.2) is 5.60 Å². The number of morpholine rings is 1. The summed E-state index contributed by atoms with van der Waals surface area (Å²) < 4.78 is 8.02. The second-order valence-electron chi connectivity index (χ2n) is 8.82. The Labute approximate surface area is 195 Å². The maximum absolute atomic E-state index is 13.3. The molecule has 1 amide bonds. The third-order valence-electron chi connectivity index (χ3n) is 6.05. The fourth-order valence-electron chi connectivity index (χ4n) is 4.42. The lowest BCUT2D eigenvalue weighted by atomic mass is 9.90. The van der Waals surface area contributed by atoms with E-state index in [0.29, 0.717) is 26.1 Å². The Kier molecular flexibility index (Phi) is 7.06. The van der Waals surface area contributed by atoms with Crippen molar-refractivity contribution in [3.05, 3.63) is 90.3 Å². The summed E-state index contributed by atoms with van der Waals surface area (Å²) in [5.74, 6) is -0.0963. The SMILES string of the molecule is C=CCNC(=O)C1(Cc2ccc(-c3cccc(C)c3)cc2)CN(Cc2cnn(C)c2)CCO1. The average molecular weight is 445 g/mol. The molecule has 1 aliphatic rings. The van der Waals surface area contributed by atoms with Crippen molar-refractivity contribution in [3.63, 3.8) is 0 Å². The van der Waals surface area contributed by atoms with Gasteiger partial charge < -0.3 is 10.1 Å². The summed E-state index contributed by atoms with van der Waals surface area (Å²) in [6.45, 7) is 8.77. The van der Waals surface area contributed by atoms with Crippen LogP contribution in [-0.4, -0.2) is 52.4 Å². The van der Waals surface area contributed by atoms with E-state index >= 15 is 0 Å². The number of carbonyl (C=O) groups excluding carboxylic acids is 1. The highest BCUT2D eigenvalue weighted by molar-refractivity contribution is 5.86. The van der Waals surface area contributed by atoms with E-state index < -0.39 is 5.60 Å². The normalized spacial score (nSPS) is 18.7. The Morgan fingerprint density at radius 1 is 1.21 bits per heavy atom. The van der Waals surface area contributed by atoms with Gasteiger partial charge in [-0.1, -0.05) is 60.2 Å². The highest BCUT2D eigenvalue weighted by Gasteiger charge is 2.43. The van der Waals surface area contributed by atoms with E-state index in [1.165, 1.54) is 11.1 Å². The number of rotatable bonds is 8. The number of aromatic nitrogens is 2. The Hall–Kier alpha value is -3.22. The number of amides is 1. The van der Waals surface area contributed by atoms with Gasteiger partial charge in [0.25, 0.3) is 5.91 Å². The van der Waals surface area contributed by atoms with E-state index in [0.717, 1.165) is 29.8 Å². The standard InChI is InChI=1S/C27H32N4O2/c1-4-12-28-26(32)27(20-31(13-14-33-27)19-23-17-29-30(3)18-23)16-22-8-10-24(11-9-22)25-7-5-6-21(2)15-25/h4-11,15,17-18H,1,12-14,16,19-20H2,2-3H3,(H,28,32). The minimum absolute atomic E-state index is 0.0963. The van der Waals surface area contributed by atoms with Gasteiger partial charge in [0.05, 0.1) is 12.8 Å². The van der Waals surface area contributed by atoms with Crippen molar-refractivity contribution in [1.29, 1.82) is 0 Å². The van der Waals surface area contributed by atoms with Crippen LogP contribution in [0.4, 0.5) is 0 Å². The van der Waals surface area contributed by atoms with E-state index in [2.05, 4.69) is 77.3 Å². The second kappa shape index (κ2) is 10.1. The van der Waals surface area contributed by atoms with E-state index in [1.54, 1.807) is 10.8 Å². The number of nitrogens with zero attached hydrogens (tertiary/aromatic N) is 3. The van der Waals surface area contributed by atoms with Crippen molar-refractivity contribution in [3.8, 4) is 11.1 Å². The number of carbonyl (C=O) groups is 1. The highest BCUT2D eigenvalue weighted by Crippen LogP contribution is 2.27. The monoisotopic (exact) mass is 444 g/mol. The molecule has 6 heteroatoms. The predicted molar refractivity (Wildman–Crippen MR) is 131 cm³/mol. The molecule has 1 atom stereocenters. The first-order chi connectivity index (χ1) is 16.0. The van der Waals surface area contributed by atoms with Crippen molar-refractivity contribution < 1.29 is 9.53 Å². The van der Waals surface area contributed by atoms with Crippen molar-refractivity contribution in [2.45, 2.75) is 25.5 Å². The van der Waals surface area contributed by atoms with E-state index in [-0.39, 0.29) is 5.91 Å². The van der Waals surface area contributed by atoms with Crippen LogP contribution in [-0.2, 0) is 29.5 Å². The van der Waals surface area contributed by atoms with Gasteiger partial charge in [-0.05, 0) is 23.6 Å². The Morgan fingerprint density at radius 3 is 2.73 bits per heavy atom. The first-order valence-corrected chi connectivity index (χ1v) is 11.4. The quantitative estimate of drug-likeness (QED) is 0.540. The fourth-order valence-corrected chi connectivity index (χ4v) is 4.42. The molecule has 0 aliphatic carbocycles. The fraction of sp³-hybridized carbons (Fsp3) is 0.333. The molecule has 1 saturated heterocycles. The molecular formula is C27H32N4O2. The molecule has 1 aromatic heterocycles. The van der Waals surface area contributed by atoms with Gasteiger partial charge in [-0.2, -0.15) is 5.10 Å². The van der Waals surface area contributed by atoms with Crippen LogP contribution in [0.1, 0.15) is 16.7 Å². The lowest BCUT2D eigenvalue weighted by Gasteiger charge is -2.41. The smallest absolute Gasteiger partial charge is 0.254 e. The summed E-state index contributed by atoms with van der Waals surface area (Å²) in [4.78, 5) is 15.6. The Bertz CT molecular complexity index is 1110. The van der Waals surface area contributed by atoms with E-state index in [4.69, 9.17) is 4.74 Å². The third-order valence-corrected chi connectivity index (χ3v) is 6.05. The molecule has 1 unspecified atom stereocenters. The molecule has 1 fully saturated rings. The molecule has 2 aromatic carbocycles. The van der Waals surface area contributed by atoms with Gasteiger partial charge in [-0.15, -0.1) is 6.58 Å². The van der Waals surface area contributed by atoms with Crippen LogP contribution in [0, 0.1) is 6.92 Å². The molecule has 33 heavy (non-hydrogen) atoms. The summed E-state index contributed by atoms with van der Waals surface area (Å²) in [6, 6.07) is 16.9. The predicted octanol–water partition coefficient (Wildman–Crippen LogP) is 3.51. The third kappa shape index (κ3) is 5.59. The molecule has 0 saturated carbocycles. The van der Waals surface area contributed by atoms with Gasteiger partial charge in [-0.25, -0.2) is 0 Å². The van der Waals surface area contributed by atoms with Crippen molar-refractivity contribution in [2.24, 2.45) is 7.05 Å². The molecule has 4 rings (SSSR count). The van der Waals surface area contributed by atoms with Crippen molar-refractivity contribution >= 4 is 5.91 Å². The summed E-state index contributed by atoms with van der Waals surface area (Å²) >= 11 is 0. The number of hydrogen-bond donors (Lipinski definition) is 1. The van der Waals surface area contributed by atoms with Gasteiger partial charge in [0.2, 0.25) is 0 Å². The van der Waals surface area contributed by atoms with Crippen molar-refractivity contribution in [2.75, 3.05) is 26.2 Å². The molecule has 0 radical (unpaired) electrons. The zero-order valence-electron chi connectivity index (χ0n) is 19.5. The van der Waals surface area contributed by atoms with Crippen LogP contribution in [0.25, 0.3) is 11.1 Å². The number of hydrogen-bond acceptors (Lipinski definition) is 4. The largest absolute Gasteiger partial charge is 0.362 e. The maximum Gasteiger partial charge on any atom is 0.254 e. The van der Waals surface area contributed by atoms with Gasteiger partial charge in [0.1, 0.15) is 0 Å². The van der Waals surface area contributed by atoms with Crippen LogP contribution in [0.15, 0.2) is 73.6 Å². The number of benzene rings is 2. The van der Waals surface area contributed by atoms with Gasteiger partial charge in [-0.3, -0.25) is 14.4 Å². The molecule has 0 spiro atoms. The first kappa shape index (κ1) is 23.0. The van der Waals surface area contributed by atoms with E-state index in [1.807, 2.05) is 19.4 Å². The van der Waals surface area contributed by atoms with Crippen LogP contribution in [0.5, 0.6) is 0 Å². The molecular weight excluding hydrogens is 412 g/mol. The highest BCUT2D eigenvalue weighted by atomic mass is 16.5. The molecule has 1 aliphatic heterocycles. The van der Waals surface area contributed by atoms with Crippen LogP contribution >= 0.6 is 0 Å². The summed E-state index contributed by atoms with van der Waals surface area (Å²) in [5, 5.41) is 7.24. The lowest BCUT2D eigenvalue weighted by Crippen LogP contribution is -2.61. The van der Waals surface area contributed by atoms with Crippen LogP contribution in [0.3, 0.4) is 0 Å². The lowest BCUT2D eigenvalue weighted by molar-refractivity contribution is -0.160. The topological polar surface area (TPSA) is 59.4 Å². The maximum atomic E-state index is 13.3. The molecule has 1 N–H and O–H groups in total. The van der Waals surface area contributed by atoms with Crippen LogP contribution in [0.2, 0.25) is 0 Å². The molecule has 3 aromatic rings. The molecule has 2 heterocycles. The van der Waals surface area contributed by atoms with Gasteiger partial charge in [0, 0.05) is 51.4 Å². The summed E-state index contributed by atoms with van der Waals surface area (Å²) in [6.07, 6.45) is 6.09. The van der Waals surface area contributed by atoms with Crippen molar-refractivity contribution in [1.82, 2.24) is 20.0 Å². The second-order valence-corrected chi connectivity index (χ2v) is 8.82. The number of aryl methyl sites for hydroxylation is 2. The number of ether oxygens (including phenoxy) is 1. The minimum Gasteiger partial charge on any atom is -0.362 e. The van der Waals surface area contributed by atoms with E-state index in [9.17, 15) is 4.79 Å². The zero-order chi connectivity index (χ0) is 23.3. The summed E-state index contributed by atoms with van der Waals surface area (Å²) in [7, 11) is 1.91.